The van der Waals surface area contributed by atoms with Gasteiger partial charge in [0.1, 0.15) is 23.1 Å². The molecule has 1 atom stereocenters. The Bertz CT molecular complexity index is 933. The van der Waals surface area contributed by atoms with Crippen LogP contribution in [0.2, 0.25) is 0 Å². The number of carbonyl (C=O) groups excluding carboxylic acids is 1. The first-order valence-corrected chi connectivity index (χ1v) is 10.6. The molecule has 1 saturated heterocycles. The van der Waals surface area contributed by atoms with Gasteiger partial charge >= 0.3 is 0 Å². The van der Waals surface area contributed by atoms with Gasteiger partial charge in [0.25, 0.3) is 5.91 Å². The lowest BCUT2D eigenvalue weighted by molar-refractivity contribution is -0.122. The van der Waals surface area contributed by atoms with Gasteiger partial charge in [-0.25, -0.2) is 8.78 Å². The molecule has 3 N–H and O–H groups in total. The number of ether oxygens (including phenoxy) is 1. The van der Waals surface area contributed by atoms with E-state index < -0.39 is 11.6 Å². The third kappa shape index (κ3) is 6.32. The van der Waals surface area contributed by atoms with Gasteiger partial charge < -0.3 is 25.6 Å². The van der Waals surface area contributed by atoms with Gasteiger partial charge in [0, 0.05) is 39.3 Å². The monoisotopic (exact) mass is 445 g/mol. The Morgan fingerprint density at radius 3 is 2.66 bits per heavy atom. The molecule has 0 radical (unpaired) electrons. The molecule has 172 valence electrons. The molecule has 0 aromatic heterocycles. The number of aliphatic imine (C=N–C) groups is 1. The van der Waals surface area contributed by atoms with Gasteiger partial charge in [-0.3, -0.25) is 9.79 Å². The standard InChI is InChI=1S/C23H29F2N5O2/c1-3-27-21(31)15-32-18-7-4-6-16(12-18)13-28-23(26-2)29-17-10-11-30(14-17)22-19(24)8-5-9-20(22)25/h4-9,12,17H,3,10-11,13-15H2,1-2H3,(H,27,31)(H2,26,28,29). The molecule has 3 rings (SSSR count). The highest BCUT2D eigenvalue weighted by Gasteiger charge is 2.27. The summed E-state index contributed by atoms with van der Waals surface area (Å²) in [5.74, 6) is -0.0669. The van der Waals surface area contributed by atoms with Crippen molar-refractivity contribution in [2.24, 2.45) is 4.99 Å². The fourth-order valence-corrected chi connectivity index (χ4v) is 3.59. The number of benzene rings is 2. The Balaban J connectivity index is 1.50. The van der Waals surface area contributed by atoms with E-state index in [-0.39, 0.29) is 24.2 Å². The van der Waals surface area contributed by atoms with E-state index in [2.05, 4.69) is 20.9 Å². The second-order valence-corrected chi connectivity index (χ2v) is 7.46. The van der Waals surface area contributed by atoms with Crippen molar-refractivity contribution in [2.45, 2.75) is 25.9 Å². The summed E-state index contributed by atoms with van der Waals surface area (Å²) in [6.07, 6.45) is 0.734. The average molecular weight is 446 g/mol. The number of hydrogen-bond acceptors (Lipinski definition) is 4. The summed E-state index contributed by atoms with van der Waals surface area (Å²) in [4.78, 5) is 17.5. The summed E-state index contributed by atoms with van der Waals surface area (Å²) in [5.41, 5.74) is 0.979. The van der Waals surface area contributed by atoms with Crippen molar-refractivity contribution >= 4 is 17.6 Å². The second kappa shape index (κ2) is 11.3. The second-order valence-electron chi connectivity index (χ2n) is 7.46. The Labute approximate surface area is 186 Å². The minimum Gasteiger partial charge on any atom is -0.484 e. The van der Waals surface area contributed by atoms with Crippen LogP contribution < -0.4 is 25.6 Å². The number of anilines is 1. The maximum atomic E-state index is 14.1. The van der Waals surface area contributed by atoms with E-state index in [1.807, 2.05) is 25.1 Å². The summed E-state index contributed by atoms with van der Waals surface area (Å²) in [6, 6.07) is 11.4. The van der Waals surface area contributed by atoms with Crippen LogP contribution in [0.1, 0.15) is 18.9 Å². The molecule has 2 aromatic rings. The van der Waals surface area contributed by atoms with Crippen LogP contribution in [0.25, 0.3) is 0 Å². The number of nitrogens with zero attached hydrogens (tertiary/aromatic N) is 2. The third-order valence-electron chi connectivity index (χ3n) is 5.11. The van der Waals surface area contributed by atoms with Crippen LogP contribution in [0.5, 0.6) is 5.75 Å². The van der Waals surface area contributed by atoms with Crippen molar-refractivity contribution in [1.82, 2.24) is 16.0 Å². The number of hydrogen-bond donors (Lipinski definition) is 3. The molecule has 32 heavy (non-hydrogen) atoms. The molecule has 7 nitrogen and oxygen atoms in total. The van der Waals surface area contributed by atoms with E-state index in [1.165, 1.54) is 18.2 Å². The van der Waals surface area contributed by atoms with Gasteiger partial charge in [-0.05, 0) is 43.2 Å². The number of likely N-dealkylation sites (N-methyl/N-ethyl adjacent to an activating group) is 1. The highest BCUT2D eigenvalue weighted by molar-refractivity contribution is 5.80. The zero-order chi connectivity index (χ0) is 22.9. The van der Waals surface area contributed by atoms with Crippen LogP contribution in [0, 0.1) is 11.6 Å². The van der Waals surface area contributed by atoms with Crippen molar-refractivity contribution in [3.8, 4) is 5.75 Å². The lowest BCUT2D eigenvalue weighted by Crippen LogP contribution is -2.44. The van der Waals surface area contributed by atoms with E-state index in [0.717, 1.165) is 12.0 Å². The van der Waals surface area contributed by atoms with Crippen molar-refractivity contribution in [1.29, 1.82) is 0 Å². The number of carbonyl (C=O) groups is 1. The van der Waals surface area contributed by atoms with Gasteiger partial charge in [0.15, 0.2) is 12.6 Å². The molecule has 1 fully saturated rings. The summed E-state index contributed by atoms with van der Waals surface area (Å²) in [7, 11) is 1.67. The third-order valence-corrected chi connectivity index (χ3v) is 5.11. The smallest absolute Gasteiger partial charge is 0.257 e. The first-order chi connectivity index (χ1) is 15.5. The largest absolute Gasteiger partial charge is 0.484 e. The summed E-state index contributed by atoms with van der Waals surface area (Å²) < 4.78 is 33.7. The predicted molar refractivity (Wildman–Crippen MR) is 121 cm³/mol. The lowest BCUT2D eigenvalue weighted by atomic mass is 10.2. The molecule has 1 amide bonds. The zero-order valence-electron chi connectivity index (χ0n) is 18.3. The number of amides is 1. The van der Waals surface area contributed by atoms with Crippen molar-refractivity contribution in [2.75, 3.05) is 38.2 Å². The Hall–Kier alpha value is -3.36. The minimum atomic E-state index is -0.553. The minimum absolute atomic E-state index is 0.00644. The Kier molecular flexibility index (Phi) is 8.24. The van der Waals surface area contributed by atoms with Crippen LogP contribution in [0.15, 0.2) is 47.5 Å². The van der Waals surface area contributed by atoms with Crippen molar-refractivity contribution in [3.63, 3.8) is 0 Å². The molecular formula is C23H29F2N5O2. The highest BCUT2D eigenvalue weighted by Crippen LogP contribution is 2.26. The normalized spacial score (nSPS) is 16.1. The van der Waals surface area contributed by atoms with Gasteiger partial charge in [0.2, 0.25) is 0 Å². The molecule has 9 heteroatoms. The quantitative estimate of drug-likeness (QED) is 0.430. The van der Waals surface area contributed by atoms with Crippen molar-refractivity contribution < 1.29 is 18.3 Å². The molecule has 2 aromatic carbocycles. The average Bonchev–Trinajstić information content (AvgIpc) is 3.23. The van der Waals surface area contributed by atoms with Gasteiger partial charge in [-0.2, -0.15) is 0 Å². The van der Waals surface area contributed by atoms with Crippen LogP contribution in [-0.2, 0) is 11.3 Å². The van der Waals surface area contributed by atoms with E-state index >= 15 is 0 Å². The van der Waals surface area contributed by atoms with Crippen molar-refractivity contribution in [3.05, 3.63) is 59.7 Å². The fraction of sp³-hybridized carbons (Fsp3) is 0.391. The number of para-hydroxylation sites is 1. The van der Waals surface area contributed by atoms with Gasteiger partial charge in [-0.1, -0.05) is 18.2 Å². The Morgan fingerprint density at radius 1 is 1.19 bits per heavy atom. The summed E-state index contributed by atoms with van der Waals surface area (Å²) >= 11 is 0. The fourth-order valence-electron chi connectivity index (χ4n) is 3.59. The molecule has 1 unspecified atom stereocenters. The van der Waals surface area contributed by atoms with E-state index in [4.69, 9.17) is 4.74 Å². The molecular weight excluding hydrogens is 416 g/mol. The number of rotatable bonds is 8. The topological polar surface area (TPSA) is 78.0 Å². The van der Waals surface area contributed by atoms with Gasteiger partial charge in [0.05, 0.1) is 0 Å². The lowest BCUT2D eigenvalue weighted by Gasteiger charge is -2.21. The first kappa shape index (κ1) is 23.3. The van der Waals surface area contributed by atoms with Gasteiger partial charge in [-0.15, -0.1) is 0 Å². The predicted octanol–water partition coefficient (Wildman–Crippen LogP) is 2.42. The maximum absolute atomic E-state index is 14.1. The van der Waals surface area contributed by atoms with Crippen LogP contribution >= 0.6 is 0 Å². The number of halogens is 2. The highest BCUT2D eigenvalue weighted by atomic mass is 19.1. The van der Waals surface area contributed by atoms with Crippen LogP contribution in [0.4, 0.5) is 14.5 Å². The molecule has 0 saturated carbocycles. The maximum Gasteiger partial charge on any atom is 0.257 e. The number of guanidine groups is 1. The summed E-state index contributed by atoms with van der Waals surface area (Å²) in [5, 5.41) is 9.24. The Morgan fingerprint density at radius 2 is 1.94 bits per heavy atom. The molecule has 1 heterocycles. The summed E-state index contributed by atoms with van der Waals surface area (Å²) in [6.45, 7) is 3.91. The van der Waals surface area contributed by atoms with E-state index in [9.17, 15) is 13.6 Å². The first-order valence-electron chi connectivity index (χ1n) is 10.6. The molecule has 0 aliphatic carbocycles. The molecule has 0 spiro atoms. The van der Waals surface area contributed by atoms with Crippen LogP contribution in [-0.4, -0.2) is 51.2 Å². The van der Waals surface area contributed by atoms with E-state index in [0.29, 0.717) is 37.9 Å². The molecule has 0 bridgehead atoms. The van der Waals surface area contributed by atoms with E-state index in [1.54, 1.807) is 18.0 Å². The molecule has 1 aliphatic heterocycles. The van der Waals surface area contributed by atoms with Crippen LogP contribution in [0.3, 0.4) is 0 Å². The molecule has 1 aliphatic rings. The zero-order valence-corrected chi connectivity index (χ0v) is 18.3. The SMILES string of the molecule is CCNC(=O)COc1cccc(CNC(=NC)NC2CCN(c3c(F)cccc3F)C2)c1. The number of nitrogens with one attached hydrogen (secondary N) is 3.